The van der Waals surface area contributed by atoms with E-state index in [0.29, 0.717) is 0 Å². The summed E-state index contributed by atoms with van der Waals surface area (Å²) in [5.41, 5.74) is 5.62. The third-order valence-corrected chi connectivity index (χ3v) is 5.21. The fraction of sp³-hybridized carbons (Fsp3) is 0.294. The van der Waals surface area contributed by atoms with E-state index in [-0.39, 0.29) is 0 Å². The molecule has 0 bridgehead atoms. The minimum absolute atomic E-state index is 0.900. The van der Waals surface area contributed by atoms with Crippen LogP contribution in [-0.4, -0.2) is 13.1 Å². The molecule has 2 aromatic carbocycles. The van der Waals surface area contributed by atoms with Crippen molar-refractivity contribution in [1.82, 2.24) is 0 Å². The summed E-state index contributed by atoms with van der Waals surface area (Å²) in [6.45, 7) is 2.17. The van der Waals surface area contributed by atoms with E-state index in [2.05, 4.69) is 79.2 Å². The second-order valence-electron chi connectivity index (χ2n) is 5.18. The SMILES string of the molecule is BrCc1ccc(N2CCc3ccccc3CC2)c(Br)c1. The zero-order valence-corrected chi connectivity index (χ0v) is 14.5. The molecule has 1 heterocycles. The highest BCUT2D eigenvalue weighted by atomic mass is 79.9. The molecule has 2 aromatic rings. The smallest absolute Gasteiger partial charge is 0.0511 e. The van der Waals surface area contributed by atoms with Crippen molar-refractivity contribution in [3.63, 3.8) is 0 Å². The van der Waals surface area contributed by atoms with Gasteiger partial charge < -0.3 is 4.90 Å². The molecule has 0 saturated carbocycles. The fourth-order valence-electron chi connectivity index (χ4n) is 2.80. The lowest BCUT2D eigenvalue weighted by atomic mass is 10.0. The summed E-state index contributed by atoms with van der Waals surface area (Å²) >= 11 is 7.23. The molecule has 104 valence electrons. The number of alkyl halides is 1. The summed E-state index contributed by atoms with van der Waals surface area (Å²) in [4.78, 5) is 2.49. The van der Waals surface area contributed by atoms with Gasteiger partial charge in [-0.2, -0.15) is 0 Å². The molecule has 0 unspecified atom stereocenters. The van der Waals surface area contributed by atoms with Crippen molar-refractivity contribution >= 4 is 37.5 Å². The van der Waals surface area contributed by atoms with Gasteiger partial charge in [-0.25, -0.2) is 0 Å². The van der Waals surface area contributed by atoms with Crippen LogP contribution in [0.15, 0.2) is 46.9 Å². The number of hydrogen-bond acceptors (Lipinski definition) is 1. The number of halogens is 2. The van der Waals surface area contributed by atoms with Gasteiger partial charge in [0.1, 0.15) is 0 Å². The Hall–Kier alpha value is -0.800. The van der Waals surface area contributed by atoms with Crippen LogP contribution in [0, 0.1) is 0 Å². The standard InChI is InChI=1S/C17H17Br2N/c18-12-13-5-6-17(16(19)11-13)20-9-7-14-3-1-2-4-15(14)8-10-20/h1-6,11H,7-10,12H2. The Labute approximate surface area is 137 Å². The second-order valence-corrected chi connectivity index (χ2v) is 6.59. The number of anilines is 1. The van der Waals surface area contributed by atoms with Gasteiger partial charge in [-0.15, -0.1) is 0 Å². The van der Waals surface area contributed by atoms with Gasteiger partial charge in [0.05, 0.1) is 5.69 Å². The van der Waals surface area contributed by atoms with Crippen LogP contribution in [0.2, 0.25) is 0 Å². The van der Waals surface area contributed by atoms with E-state index in [0.717, 1.165) is 31.3 Å². The number of rotatable bonds is 2. The molecule has 1 aliphatic rings. The molecule has 0 atom stereocenters. The maximum Gasteiger partial charge on any atom is 0.0511 e. The lowest BCUT2D eigenvalue weighted by Crippen LogP contribution is -2.26. The fourth-order valence-corrected chi connectivity index (χ4v) is 3.82. The van der Waals surface area contributed by atoms with E-state index in [1.165, 1.54) is 26.9 Å². The second kappa shape index (κ2) is 6.31. The van der Waals surface area contributed by atoms with Crippen molar-refractivity contribution in [3.8, 4) is 0 Å². The molecule has 20 heavy (non-hydrogen) atoms. The van der Waals surface area contributed by atoms with Crippen LogP contribution in [0.3, 0.4) is 0 Å². The van der Waals surface area contributed by atoms with E-state index in [9.17, 15) is 0 Å². The molecule has 1 nitrogen and oxygen atoms in total. The molecule has 0 N–H and O–H groups in total. The quantitative estimate of drug-likeness (QED) is 0.651. The third-order valence-electron chi connectivity index (χ3n) is 3.93. The van der Waals surface area contributed by atoms with Crippen molar-refractivity contribution in [2.24, 2.45) is 0 Å². The zero-order chi connectivity index (χ0) is 13.9. The van der Waals surface area contributed by atoms with Gasteiger partial charge in [0.2, 0.25) is 0 Å². The number of nitrogens with zero attached hydrogens (tertiary/aromatic N) is 1. The van der Waals surface area contributed by atoms with E-state index in [4.69, 9.17) is 0 Å². The number of fused-ring (bicyclic) bond motifs is 1. The zero-order valence-electron chi connectivity index (χ0n) is 11.3. The number of hydrogen-bond donors (Lipinski definition) is 0. The van der Waals surface area contributed by atoms with Crippen LogP contribution in [-0.2, 0) is 18.2 Å². The summed E-state index contributed by atoms with van der Waals surface area (Å²) in [6.07, 6.45) is 2.26. The van der Waals surface area contributed by atoms with E-state index in [1.54, 1.807) is 0 Å². The molecule has 0 fully saturated rings. The topological polar surface area (TPSA) is 3.24 Å². The highest BCUT2D eigenvalue weighted by molar-refractivity contribution is 9.10. The van der Waals surface area contributed by atoms with Gasteiger partial charge in [0.25, 0.3) is 0 Å². The van der Waals surface area contributed by atoms with E-state index in [1.807, 2.05) is 0 Å². The first-order valence-corrected chi connectivity index (χ1v) is 8.85. The third kappa shape index (κ3) is 2.94. The van der Waals surface area contributed by atoms with Crippen LogP contribution in [0.25, 0.3) is 0 Å². The largest absolute Gasteiger partial charge is 0.370 e. The summed E-state index contributed by atoms with van der Waals surface area (Å²) in [6, 6.07) is 15.5. The first kappa shape index (κ1) is 14.2. The molecule has 0 aliphatic carbocycles. The maximum absolute atomic E-state index is 3.72. The van der Waals surface area contributed by atoms with Gasteiger partial charge in [-0.1, -0.05) is 46.3 Å². The highest BCUT2D eigenvalue weighted by Crippen LogP contribution is 2.30. The van der Waals surface area contributed by atoms with E-state index >= 15 is 0 Å². The Morgan fingerprint density at radius 1 is 0.950 bits per heavy atom. The Kier molecular flexibility index (Phi) is 4.47. The summed E-state index contributed by atoms with van der Waals surface area (Å²) in [7, 11) is 0. The lowest BCUT2D eigenvalue weighted by molar-refractivity contribution is 0.803. The Bertz CT molecular complexity index is 583. The highest BCUT2D eigenvalue weighted by Gasteiger charge is 2.15. The molecular weight excluding hydrogens is 378 g/mol. The first-order valence-electron chi connectivity index (χ1n) is 6.94. The van der Waals surface area contributed by atoms with Gasteiger partial charge in [-0.3, -0.25) is 0 Å². The Morgan fingerprint density at radius 3 is 2.15 bits per heavy atom. The minimum Gasteiger partial charge on any atom is -0.370 e. The average Bonchev–Trinajstić information content (AvgIpc) is 2.70. The van der Waals surface area contributed by atoms with Crippen LogP contribution < -0.4 is 4.90 Å². The summed E-state index contributed by atoms with van der Waals surface area (Å²) < 4.78 is 1.19. The molecule has 3 heteroatoms. The molecule has 0 radical (unpaired) electrons. The summed E-state index contributed by atoms with van der Waals surface area (Å²) in [5, 5.41) is 0.900. The van der Waals surface area contributed by atoms with E-state index < -0.39 is 0 Å². The van der Waals surface area contributed by atoms with Gasteiger partial charge in [-0.05, 0) is 57.6 Å². The first-order chi connectivity index (χ1) is 9.78. The molecule has 0 amide bonds. The maximum atomic E-state index is 3.72. The predicted octanol–water partition coefficient (Wildman–Crippen LogP) is 4.95. The van der Waals surface area contributed by atoms with Gasteiger partial charge in [0.15, 0.2) is 0 Å². The normalized spacial score (nSPS) is 14.8. The van der Waals surface area contributed by atoms with Crippen molar-refractivity contribution in [1.29, 1.82) is 0 Å². The minimum atomic E-state index is 0.900. The van der Waals surface area contributed by atoms with Crippen LogP contribution in [0.1, 0.15) is 16.7 Å². The van der Waals surface area contributed by atoms with Crippen molar-refractivity contribution in [3.05, 3.63) is 63.6 Å². The molecular formula is C17H17Br2N. The van der Waals surface area contributed by atoms with Crippen LogP contribution in [0.4, 0.5) is 5.69 Å². The molecule has 0 spiro atoms. The lowest BCUT2D eigenvalue weighted by Gasteiger charge is -2.24. The molecule has 3 rings (SSSR count). The van der Waals surface area contributed by atoms with Gasteiger partial charge >= 0.3 is 0 Å². The average molecular weight is 395 g/mol. The van der Waals surface area contributed by atoms with Crippen molar-refractivity contribution in [2.75, 3.05) is 18.0 Å². The summed E-state index contributed by atoms with van der Waals surface area (Å²) in [5.74, 6) is 0. The monoisotopic (exact) mass is 393 g/mol. The molecule has 0 aromatic heterocycles. The van der Waals surface area contributed by atoms with Gasteiger partial charge in [0, 0.05) is 22.9 Å². The Balaban J connectivity index is 1.83. The van der Waals surface area contributed by atoms with Crippen molar-refractivity contribution < 1.29 is 0 Å². The van der Waals surface area contributed by atoms with Crippen LogP contribution in [0.5, 0.6) is 0 Å². The molecule has 0 saturated heterocycles. The predicted molar refractivity (Wildman–Crippen MR) is 92.8 cm³/mol. The molecule has 1 aliphatic heterocycles. The van der Waals surface area contributed by atoms with Crippen molar-refractivity contribution in [2.45, 2.75) is 18.2 Å². The Morgan fingerprint density at radius 2 is 1.60 bits per heavy atom. The van der Waals surface area contributed by atoms with Crippen LogP contribution >= 0.6 is 31.9 Å². The number of benzene rings is 2.